The van der Waals surface area contributed by atoms with Gasteiger partial charge in [-0.15, -0.1) is 0 Å². The summed E-state index contributed by atoms with van der Waals surface area (Å²) in [6, 6.07) is 25.1. The molecule has 1 aliphatic rings. The van der Waals surface area contributed by atoms with E-state index in [1.54, 1.807) is 10.8 Å². The first-order chi connectivity index (χ1) is 13.9. The first-order valence-electron chi connectivity index (χ1n) is 10.6. The topological polar surface area (TPSA) is 0 Å². The van der Waals surface area contributed by atoms with Gasteiger partial charge in [0.15, 0.2) is 0 Å². The molecule has 0 saturated carbocycles. The fourth-order valence-corrected chi connectivity index (χ4v) is 7.35. The normalized spacial score (nSPS) is 12.9. The molecular formula is C28H28Si. The summed E-state index contributed by atoms with van der Waals surface area (Å²) in [6.45, 7) is 11.9. The molecule has 144 valence electrons. The highest BCUT2D eigenvalue weighted by Crippen LogP contribution is 2.47. The summed E-state index contributed by atoms with van der Waals surface area (Å²) in [5.41, 5.74) is 11.4. The standard InChI is InChI=1S/C28H28Si/c1-18-13-15-20(16-14-18)26-25-19(2)9-8-12-23(25)28(29(3,4)5)24-17-21-10-6-7-11-22(21)27(24)26/h6-16H,17H2,1-5H3. The summed E-state index contributed by atoms with van der Waals surface area (Å²) >= 11 is 0. The maximum atomic E-state index is 2.50. The van der Waals surface area contributed by atoms with Gasteiger partial charge in [0, 0.05) is 0 Å². The molecule has 1 aliphatic carbocycles. The molecule has 29 heavy (non-hydrogen) atoms. The number of aryl methyl sites for hydroxylation is 2. The molecule has 0 heterocycles. The lowest BCUT2D eigenvalue weighted by Crippen LogP contribution is -2.41. The van der Waals surface area contributed by atoms with E-state index in [-0.39, 0.29) is 0 Å². The van der Waals surface area contributed by atoms with Crippen LogP contribution in [0.5, 0.6) is 0 Å². The van der Waals surface area contributed by atoms with Gasteiger partial charge in [-0.05, 0) is 75.2 Å². The van der Waals surface area contributed by atoms with Gasteiger partial charge in [-0.2, -0.15) is 0 Å². The zero-order valence-corrected chi connectivity index (χ0v) is 19.1. The van der Waals surface area contributed by atoms with Crippen molar-refractivity contribution in [1.82, 2.24) is 0 Å². The molecule has 0 atom stereocenters. The molecule has 0 N–H and O–H groups in total. The zero-order chi connectivity index (χ0) is 20.3. The molecule has 0 radical (unpaired) electrons. The van der Waals surface area contributed by atoms with Crippen molar-refractivity contribution in [2.75, 3.05) is 0 Å². The number of hydrogen-bond acceptors (Lipinski definition) is 0. The van der Waals surface area contributed by atoms with Crippen LogP contribution in [0.4, 0.5) is 0 Å². The van der Waals surface area contributed by atoms with Gasteiger partial charge < -0.3 is 0 Å². The maximum absolute atomic E-state index is 2.50. The quantitative estimate of drug-likeness (QED) is 0.278. The lowest BCUT2D eigenvalue weighted by Gasteiger charge is -2.27. The SMILES string of the molecule is Cc1ccc(-c2c3c(c([Si](C)(C)C)c4cccc(C)c24)Cc2ccccc2-3)cc1. The molecule has 0 saturated heterocycles. The third-order valence-electron chi connectivity index (χ3n) is 6.39. The van der Waals surface area contributed by atoms with Crippen LogP contribution in [0.2, 0.25) is 19.6 Å². The third kappa shape index (κ3) is 2.79. The second-order valence-electron chi connectivity index (χ2n) is 9.55. The van der Waals surface area contributed by atoms with E-state index in [9.17, 15) is 0 Å². The molecule has 0 aromatic heterocycles. The van der Waals surface area contributed by atoms with Crippen LogP contribution >= 0.6 is 0 Å². The Morgan fingerprint density at radius 3 is 2.17 bits per heavy atom. The monoisotopic (exact) mass is 392 g/mol. The Bertz CT molecular complexity index is 1250. The van der Waals surface area contributed by atoms with E-state index in [4.69, 9.17) is 0 Å². The van der Waals surface area contributed by atoms with Crippen LogP contribution in [-0.2, 0) is 6.42 Å². The molecule has 1 heteroatoms. The Kier molecular flexibility index (Phi) is 4.08. The summed E-state index contributed by atoms with van der Waals surface area (Å²) in [7, 11) is -1.55. The first kappa shape index (κ1) is 18.4. The molecule has 0 fully saturated rings. The number of hydrogen-bond donors (Lipinski definition) is 0. The summed E-state index contributed by atoms with van der Waals surface area (Å²) in [6.07, 6.45) is 1.06. The summed E-state index contributed by atoms with van der Waals surface area (Å²) in [5.74, 6) is 0. The van der Waals surface area contributed by atoms with Crippen LogP contribution in [-0.4, -0.2) is 8.07 Å². The van der Waals surface area contributed by atoms with Crippen molar-refractivity contribution < 1.29 is 0 Å². The molecular weight excluding hydrogens is 364 g/mol. The molecule has 0 nitrogen and oxygen atoms in total. The smallest absolute Gasteiger partial charge is 0.0656 e. The second kappa shape index (κ2) is 6.43. The number of benzene rings is 4. The van der Waals surface area contributed by atoms with Gasteiger partial charge >= 0.3 is 0 Å². The molecule has 4 aromatic carbocycles. The van der Waals surface area contributed by atoms with Crippen LogP contribution in [0.25, 0.3) is 33.0 Å². The fraction of sp³-hybridized carbons (Fsp3) is 0.214. The van der Waals surface area contributed by atoms with Gasteiger partial charge in [0.05, 0.1) is 8.07 Å². The van der Waals surface area contributed by atoms with Crippen molar-refractivity contribution in [1.29, 1.82) is 0 Å². The van der Waals surface area contributed by atoms with E-state index >= 15 is 0 Å². The Labute approximate surface area is 175 Å². The van der Waals surface area contributed by atoms with Gasteiger partial charge in [0.2, 0.25) is 0 Å². The minimum Gasteiger partial charge on any atom is -0.0656 e. The number of fused-ring (bicyclic) bond motifs is 4. The molecule has 4 aromatic rings. The van der Waals surface area contributed by atoms with Crippen LogP contribution < -0.4 is 5.19 Å². The van der Waals surface area contributed by atoms with Crippen molar-refractivity contribution >= 4 is 24.0 Å². The minimum absolute atomic E-state index is 1.06. The average molecular weight is 393 g/mol. The predicted octanol–water partition coefficient (Wildman–Crippen LogP) is 7.24. The first-order valence-corrected chi connectivity index (χ1v) is 14.1. The molecule has 0 spiro atoms. The van der Waals surface area contributed by atoms with Gasteiger partial charge in [0.25, 0.3) is 0 Å². The average Bonchev–Trinajstić information content (AvgIpc) is 3.05. The molecule has 0 unspecified atom stereocenters. The Hall–Kier alpha value is -2.64. The summed E-state index contributed by atoms with van der Waals surface area (Å²) in [4.78, 5) is 0. The van der Waals surface area contributed by atoms with Gasteiger partial charge in [0.1, 0.15) is 0 Å². The van der Waals surface area contributed by atoms with Crippen LogP contribution in [0.3, 0.4) is 0 Å². The largest absolute Gasteiger partial charge is 0.0788 e. The van der Waals surface area contributed by atoms with E-state index in [0.29, 0.717) is 0 Å². The van der Waals surface area contributed by atoms with Crippen molar-refractivity contribution in [3.63, 3.8) is 0 Å². The highest BCUT2D eigenvalue weighted by molar-refractivity contribution is 6.91. The van der Waals surface area contributed by atoms with Gasteiger partial charge in [-0.1, -0.05) is 91.9 Å². The van der Waals surface area contributed by atoms with Crippen molar-refractivity contribution in [3.05, 3.63) is 89.0 Å². The highest BCUT2D eigenvalue weighted by atomic mass is 28.3. The lowest BCUT2D eigenvalue weighted by atomic mass is 9.87. The minimum atomic E-state index is -1.55. The second-order valence-corrected chi connectivity index (χ2v) is 14.6. The van der Waals surface area contributed by atoms with E-state index < -0.39 is 8.07 Å². The van der Waals surface area contributed by atoms with E-state index in [0.717, 1.165) is 6.42 Å². The Balaban J connectivity index is 2.03. The van der Waals surface area contributed by atoms with Crippen LogP contribution in [0.15, 0.2) is 66.7 Å². The van der Waals surface area contributed by atoms with E-state index in [1.165, 1.54) is 49.7 Å². The molecule has 5 rings (SSSR count). The van der Waals surface area contributed by atoms with Crippen LogP contribution in [0.1, 0.15) is 22.3 Å². The number of rotatable bonds is 2. The third-order valence-corrected chi connectivity index (χ3v) is 8.46. The van der Waals surface area contributed by atoms with E-state index in [2.05, 4.69) is 100 Å². The highest BCUT2D eigenvalue weighted by Gasteiger charge is 2.32. The fourth-order valence-electron chi connectivity index (χ4n) is 5.22. The molecule has 0 bridgehead atoms. The van der Waals surface area contributed by atoms with Crippen LogP contribution in [0, 0.1) is 13.8 Å². The van der Waals surface area contributed by atoms with E-state index in [1.807, 2.05) is 0 Å². The van der Waals surface area contributed by atoms with Crippen molar-refractivity contribution in [3.8, 4) is 22.3 Å². The van der Waals surface area contributed by atoms with Crippen molar-refractivity contribution in [2.45, 2.75) is 39.9 Å². The van der Waals surface area contributed by atoms with Gasteiger partial charge in [-0.25, -0.2) is 0 Å². The zero-order valence-electron chi connectivity index (χ0n) is 18.1. The molecule has 0 aliphatic heterocycles. The Morgan fingerprint density at radius 2 is 1.45 bits per heavy atom. The summed E-state index contributed by atoms with van der Waals surface area (Å²) < 4.78 is 0. The summed E-state index contributed by atoms with van der Waals surface area (Å²) in [5, 5.41) is 4.58. The Morgan fingerprint density at radius 1 is 0.724 bits per heavy atom. The predicted molar refractivity (Wildman–Crippen MR) is 130 cm³/mol. The van der Waals surface area contributed by atoms with Crippen molar-refractivity contribution in [2.24, 2.45) is 0 Å². The molecule has 0 amide bonds. The lowest BCUT2D eigenvalue weighted by molar-refractivity contribution is 1.28. The van der Waals surface area contributed by atoms with Gasteiger partial charge in [-0.3, -0.25) is 0 Å². The maximum Gasteiger partial charge on any atom is 0.0788 e.